The average Bonchev–Trinajstić information content (AvgIpc) is 3.45. The van der Waals surface area contributed by atoms with Gasteiger partial charge in [-0.25, -0.2) is 14.3 Å². The van der Waals surface area contributed by atoms with Gasteiger partial charge < -0.3 is 10.1 Å². The molecular weight excluding hydrogens is 462 g/mol. The number of rotatable bonds is 6. The summed E-state index contributed by atoms with van der Waals surface area (Å²) in [7, 11) is 0. The van der Waals surface area contributed by atoms with Gasteiger partial charge in [0.05, 0.1) is 11.4 Å². The molecule has 36 heavy (non-hydrogen) atoms. The van der Waals surface area contributed by atoms with Crippen LogP contribution in [0.3, 0.4) is 0 Å². The van der Waals surface area contributed by atoms with E-state index >= 15 is 0 Å². The van der Waals surface area contributed by atoms with Crippen molar-refractivity contribution >= 4 is 23.8 Å². The van der Waals surface area contributed by atoms with E-state index in [2.05, 4.69) is 15.8 Å². The largest absolute Gasteiger partial charge is 0.451 e. The van der Waals surface area contributed by atoms with Crippen LogP contribution in [0.25, 0.3) is 16.9 Å². The molecule has 0 bridgehead atoms. The molecule has 10 heteroatoms. The van der Waals surface area contributed by atoms with Crippen LogP contribution in [-0.4, -0.2) is 50.7 Å². The van der Waals surface area contributed by atoms with Gasteiger partial charge in [-0.2, -0.15) is 10.1 Å². The first kappa shape index (κ1) is 23.3. The third kappa shape index (κ3) is 4.45. The summed E-state index contributed by atoms with van der Waals surface area (Å²) in [6.07, 6.45) is 3.72. The zero-order valence-electron chi connectivity index (χ0n) is 19.5. The molecule has 2 fully saturated rings. The van der Waals surface area contributed by atoms with Crippen LogP contribution in [-0.2, 0) is 14.3 Å². The number of nitrogens with one attached hydrogen (secondary N) is 2. The molecule has 1 aliphatic heterocycles. The number of para-hydroxylation sites is 1. The SMILES string of the molecule is O=C(COC(=O)c1cc(-c2ccccc2)nn1-c1ccccc1)NN1C(=O)NC2(CCCCC2)C1=O. The lowest BCUT2D eigenvalue weighted by Gasteiger charge is -2.30. The highest BCUT2D eigenvalue weighted by atomic mass is 16.5. The molecule has 184 valence electrons. The lowest BCUT2D eigenvalue weighted by Crippen LogP contribution is -2.51. The van der Waals surface area contributed by atoms with Crippen LogP contribution >= 0.6 is 0 Å². The first-order chi connectivity index (χ1) is 17.5. The lowest BCUT2D eigenvalue weighted by molar-refractivity contribution is -0.140. The van der Waals surface area contributed by atoms with Crippen molar-refractivity contribution in [1.82, 2.24) is 25.5 Å². The van der Waals surface area contributed by atoms with E-state index in [1.807, 2.05) is 48.5 Å². The molecule has 1 saturated carbocycles. The Morgan fingerprint density at radius 1 is 0.972 bits per heavy atom. The van der Waals surface area contributed by atoms with Crippen LogP contribution in [0.2, 0.25) is 0 Å². The van der Waals surface area contributed by atoms with Gasteiger partial charge in [-0.1, -0.05) is 67.8 Å². The number of esters is 1. The summed E-state index contributed by atoms with van der Waals surface area (Å²) in [6.45, 7) is -0.677. The standard InChI is InChI=1S/C26H25N5O5/c32-22(29-31-24(34)26(27-25(31)35)14-8-3-9-15-26)17-36-23(33)21-16-20(18-10-4-1-5-11-18)28-30(21)19-12-6-2-7-13-19/h1-2,4-7,10-13,16H,3,8-9,14-15,17H2,(H,27,35)(H,29,32). The molecule has 0 atom stereocenters. The van der Waals surface area contributed by atoms with Gasteiger partial charge in [-0.15, -0.1) is 0 Å². The minimum absolute atomic E-state index is 0.129. The van der Waals surface area contributed by atoms with Gasteiger partial charge in [0.2, 0.25) is 0 Å². The molecule has 3 aromatic rings. The van der Waals surface area contributed by atoms with Crippen molar-refractivity contribution in [3.63, 3.8) is 0 Å². The van der Waals surface area contributed by atoms with Crippen molar-refractivity contribution in [2.45, 2.75) is 37.6 Å². The number of urea groups is 1. The van der Waals surface area contributed by atoms with Gasteiger partial charge in [-0.3, -0.25) is 15.0 Å². The number of imide groups is 1. The van der Waals surface area contributed by atoms with E-state index in [1.54, 1.807) is 18.2 Å². The van der Waals surface area contributed by atoms with Gasteiger partial charge >= 0.3 is 12.0 Å². The van der Waals surface area contributed by atoms with Crippen molar-refractivity contribution < 1.29 is 23.9 Å². The van der Waals surface area contributed by atoms with E-state index in [1.165, 1.54) is 4.68 Å². The Labute approximate surface area is 207 Å². The number of ether oxygens (including phenoxy) is 1. The van der Waals surface area contributed by atoms with Crippen molar-refractivity contribution in [1.29, 1.82) is 0 Å². The van der Waals surface area contributed by atoms with Crippen molar-refractivity contribution in [3.8, 4) is 16.9 Å². The fourth-order valence-electron chi connectivity index (χ4n) is 4.62. The zero-order chi connectivity index (χ0) is 25.1. The maximum atomic E-state index is 13.0. The highest BCUT2D eigenvalue weighted by Crippen LogP contribution is 2.33. The molecule has 1 aliphatic carbocycles. The van der Waals surface area contributed by atoms with Gasteiger partial charge in [0.25, 0.3) is 11.8 Å². The lowest BCUT2D eigenvalue weighted by atomic mass is 9.82. The van der Waals surface area contributed by atoms with Crippen LogP contribution in [0.15, 0.2) is 66.7 Å². The second-order valence-corrected chi connectivity index (χ2v) is 8.85. The molecule has 1 saturated heterocycles. The number of amides is 4. The summed E-state index contributed by atoms with van der Waals surface area (Å²) in [6, 6.07) is 19.3. The maximum absolute atomic E-state index is 13.0. The predicted octanol–water partition coefficient (Wildman–Crippen LogP) is 2.98. The van der Waals surface area contributed by atoms with Crippen molar-refractivity contribution in [2.75, 3.05) is 6.61 Å². The van der Waals surface area contributed by atoms with E-state index in [9.17, 15) is 19.2 Å². The zero-order valence-corrected chi connectivity index (χ0v) is 19.5. The molecule has 2 heterocycles. The Hall–Kier alpha value is -4.47. The van der Waals surface area contributed by atoms with Crippen LogP contribution in [0, 0.1) is 0 Å². The molecule has 0 unspecified atom stereocenters. The number of carbonyl (C=O) groups excluding carboxylic acids is 4. The molecule has 10 nitrogen and oxygen atoms in total. The Bertz CT molecular complexity index is 1300. The third-order valence-electron chi connectivity index (χ3n) is 6.43. The van der Waals surface area contributed by atoms with Crippen LogP contribution in [0.5, 0.6) is 0 Å². The van der Waals surface area contributed by atoms with Crippen molar-refractivity contribution in [3.05, 3.63) is 72.4 Å². The Morgan fingerprint density at radius 2 is 1.64 bits per heavy atom. The van der Waals surface area contributed by atoms with Gasteiger partial charge in [0.1, 0.15) is 5.54 Å². The van der Waals surface area contributed by atoms with Gasteiger partial charge in [0.15, 0.2) is 12.3 Å². The molecule has 2 aliphatic rings. The molecule has 2 aromatic carbocycles. The highest BCUT2D eigenvalue weighted by molar-refractivity contribution is 6.08. The van der Waals surface area contributed by atoms with Crippen LogP contribution in [0.4, 0.5) is 4.79 Å². The summed E-state index contributed by atoms with van der Waals surface area (Å²) in [5, 5.41) is 7.96. The molecule has 4 amide bonds. The van der Waals surface area contributed by atoms with E-state index in [-0.39, 0.29) is 5.69 Å². The molecule has 1 spiro atoms. The molecule has 5 rings (SSSR count). The van der Waals surface area contributed by atoms with E-state index in [4.69, 9.17) is 4.74 Å². The number of carbonyl (C=O) groups is 4. The van der Waals surface area contributed by atoms with E-state index < -0.39 is 36.0 Å². The Kier molecular flexibility index (Phi) is 6.24. The number of nitrogens with zero attached hydrogens (tertiary/aromatic N) is 3. The molecule has 0 radical (unpaired) electrons. The molecule has 1 aromatic heterocycles. The topological polar surface area (TPSA) is 123 Å². The first-order valence-electron chi connectivity index (χ1n) is 11.8. The normalized spacial score (nSPS) is 16.6. The summed E-state index contributed by atoms with van der Waals surface area (Å²) >= 11 is 0. The first-order valence-corrected chi connectivity index (χ1v) is 11.8. The fraction of sp³-hybridized carbons (Fsp3) is 0.269. The summed E-state index contributed by atoms with van der Waals surface area (Å²) in [5.41, 5.74) is 3.46. The Balaban J connectivity index is 1.29. The second-order valence-electron chi connectivity index (χ2n) is 8.85. The number of hydrazine groups is 1. The van der Waals surface area contributed by atoms with Crippen LogP contribution < -0.4 is 10.7 Å². The predicted molar refractivity (Wildman–Crippen MR) is 129 cm³/mol. The number of hydrogen-bond donors (Lipinski definition) is 2. The summed E-state index contributed by atoms with van der Waals surface area (Å²) < 4.78 is 6.69. The number of aromatic nitrogens is 2. The Morgan fingerprint density at radius 3 is 2.33 bits per heavy atom. The highest BCUT2D eigenvalue weighted by Gasteiger charge is 2.52. The minimum atomic E-state index is -0.963. The number of benzene rings is 2. The second kappa shape index (κ2) is 9.65. The average molecular weight is 488 g/mol. The molecule has 2 N–H and O–H groups in total. The summed E-state index contributed by atoms with van der Waals surface area (Å²) in [4.78, 5) is 50.7. The number of hydrogen-bond acceptors (Lipinski definition) is 6. The van der Waals surface area contributed by atoms with Gasteiger partial charge in [0, 0.05) is 5.56 Å². The van der Waals surface area contributed by atoms with E-state index in [0.29, 0.717) is 29.2 Å². The summed E-state index contributed by atoms with van der Waals surface area (Å²) in [5.74, 6) is -2.06. The third-order valence-corrected chi connectivity index (χ3v) is 6.43. The van der Waals surface area contributed by atoms with E-state index in [0.717, 1.165) is 24.8 Å². The van der Waals surface area contributed by atoms with Gasteiger partial charge in [-0.05, 0) is 31.0 Å². The smallest absolute Gasteiger partial charge is 0.357 e. The minimum Gasteiger partial charge on any atom is -0.451 e. The van der Waals surface area contributed by atoms with Crippen LogP contribution in [0.1, 0.15) is 42.6 Å². The quantitative estimate of drug-likeness (QED) is 0.407. The monoisotopic (exact) mass is 487 g/mol. The van der Waals surface area contributed by atoms with Crippen molar-refractivity contribution in [2.24, 2.45) is 0 Å². The fourth-order valence-corrected chi connectivity index (χ4v) is 4.62. The maximum Gasteiger partial charge on any atom is 0.357 e. The molecular formula is C26H25N5O5.